The summed E-state index contributed by atoms with van der Waals surface area (Å²) in [4.78, 5) is 13.2. The number of nitrogens with one attached hydrogen (secondary N) is 1. The predicted molar refractivity (Wildman–Crippen MR) is 60.0 cm³/mol. The number of likely N-dealkylation sites (tertiary alicyclic amines) is 1. The van der Waals surface area contributed by atoms with Crippen LogP contribution in [0.15, 0.2) is 0 Å². The lowest BCUT2D eigenvalue weighted by Crippen LogP contribution is -2.42. The van der Waals surface area contributed by atoms with Crippen LogP contribution in [-0.4, -0.2) is 47.7 Å². The van der Waals surface area contributed by atoms with E-state index in [1.807, 2.05) is 7.05 Å². The van der Waals surface area contributed by atoms with Crippen LogP contribution in [0.25, 0.3) is 0 Å². The third-order valence-electron chi connectivity index (χ3n) is 3.31. The number of carboxylic acid groups (broad SMARTS) is 1. The Balaban J connectivity index is 2.63. The van der Waals surface area contributed by atoms with E-state index in [2.05, 4.69) is 24.1 Å². The number of likely N-dealkylation sites (N-methyl/N-ethyl adjacent to an activating group) is 1. The molecule has 0 amide bonds. The number of nitrogens with zero attached hydrogens (tertiary/aromatic N) is 1. The molecule has 1 fully saturated rings. The van der Waals surface area contributed by atoms with Gasteiger partial charge in [0.25, 0.3) is 0 Å². The van der Waals surface area contributed by atoms with Crippen LogP contribution in [0.4, 0.5) is 0 Å². The Labute approximate surface area is 91.6 Å². The maximum Gasteiger partial charge on any atom is 0.320 e. The van der Waals surface area contributed by atoms with Crippen molar-refractivity contribution in [2.45, 2.75) is 51.2 Å². The molecule has 4 nitrogen and oxygen atoms in total. The topological polar surface area (TPSA) is 52.6 Å². The van der Waals surface area contributed by atoms with E-state index in [1.54, 1.807) is 0 Å². The highest BCUT2D eigenvalue weighted by Crippen LogP contribution is 2.22. The van der Waals surface area contributed by atoms with Gasteiger partial charge in [-0.15, -0.1) is 0 Å². The van der Waals surface area contributed by atoms with Crippen LogP contribution < -0.4 is 5.32 Å². The maximum atomic E-state index is 11.1. The summed E-state index contributed by atoms with van der Waals surface area (Å²) in [5.41, 5.74) is 0. The summed E-state index contributed by atoms with van der Waals surface area (Å²) in [5.74, 6) is -0.685. The van der Waals surface area contributed by atoms with Gasteiger partial charge in [-0.2, -0.15) is 0 Å². The van der Waals surface area contributed by atoms with Crippen molar-refractivity contribution < 1.29 is 9.90 Å². The van der Waals surface area contributed by atoms with E-state index in [4.69, 9.17) is 5.11 Å². The van der Waals surface area contributed by atoms with Crippen LogP contribution in [0.5, 0.6) is 0 Å². The van der Waals surface area contributed by atoms with Crippen molar-refractivity contribution in [1.29, 1.82) is 0 Å². The fraction of sp³-hybridized carbons (Fsp3) is 0.909. The lowest BCUT2D eigenvalue weighted by molar-refractivity contribution is -0.142. The molecule has 0 aliphatic carbocycles. The van der Waals surface area contributed by atoms with E-state index in [0.29, 0.717) is 12.1 Å². The molecule has 4 heteroatoms. The van der Waals surface area contributed by atoms with Crippen molar-refractivity contribution in [3.8, 4) is 0 Å². The first kappa shape index (κ1) is 12.5. The number of carboxylic acids is 1. The molecule has 0 aromatic rings. The molecular weight excluding hydrogens is 192 g/mol. The summed E-state index contributed by atoms with van der Waals surface area (Å²) in [6.45, 7) is 5.12. The molecule has 1 aliphatic rings. The third kappa shape index (κ3) is 2.92. The molecule has 2 N–H and O–H groups in total. The van der Waals surface area contributed by atoms with Crippen molar-refractivity contribution in [2.75, 3.05) is 13.6 Å². The highest BCUT2D eigenvalue weighted by atomic mass is 16.4. The molecule has 0 saturated carbocycles. The molecule has 3 atom stereocenters. The van der Waals surface area contributed by atoms with Crippen LogP contribution in [0.2, 0.25) is 0 Å². The molecule has 1 saturated heterocycles. The third-order valence-corrected chi connectivity index (χ3v) is 3.31. The summed E-state index contributed by atoms with van der Waals surface area (Å²) >= 11 is 0. The zero-order valence-electron chi connectivity index (χ0n) is 9.86. The van der Waals surface area contributed by atoms with Gasteiger partial charge >= 0.3 is 5.97 Å². The molecule has 0 aromatic heterocycles. The summed E-state index contributed by atoms with van der Waals surface area (Å²) in [6.07, 6.45) is 2.90. The SMILES string of the molecule is CCCC(C)N1CC(NC)CC1C(=O)O. The molecule has 0 radical (unpaired) electrons. The van der Waals surface area contributed by atoms with Gasteiger partial charge in [0.1, 0.15) is 6.04 Å². The Hall–Kier alpha value is -0.610. The van der Waals surface area contributed by atoms with Gasteiger partial charge in [0.15, 0.2) is 0 Å². The van der Waals surface area contributed by atoms with Crippen molar-refractivity contribution in [2.24, 2.45) is 0 Å². The van der Waals surface area contributed by atoms with Gasteiger partial charge in [0.05, 0.1) is 0 Å². The minimum Gasteiger partial charge on any atom is -0.480 e. The molecule has 15 heavy (non-hydrogen) atoms. The normalized spacial score (nSPS) is 29.3. The lowest BCUT2D eigenvalue weighted by atomic mass is 10.1. The average molecular weight is 214 g/mol. The van der Waals surface area contributed by atoms with Crippen LogP contribution in [-0.2, 0) is 4.79 Å². The smallest absolute Gasteiger partial charge is 0.320 e. The first-order valence-electron chi connectivity index (χ1n) is 5.76. The Kier molecular flexibility index (Phi) is 4.54. The molecule has 1 rings (SSSR count). The van der Waals surface area contributed by atoms with Gasteiger partial charge in [-0.05, 0) is 26.8 Å². The molecule has 0 aromatic carbocycles. The molecule has 1 aliphatic heterocycles. The Morgan fingerprint density at radius 1 is 1.67 bits per heavy atom. The number of rotatable bonds is 5. The minimum atomic E-state index is -0.685. The van der Waals surface area contributed by atoms with E-state index in [9.17, 15) is 4.79 Å². The van der Waals surface area contributed by atoms with E-state index >= 15 is 0 Å². The van der Waals surface area contributed by atoms with E-state index in [0.717, 1.165) is 25.8 Å². The number of carbonyl (C=O) groups is 1. The second-order valence-corrected chi connectivity index (χ2v) is 4.41. The maximum absolute atomic E-state index is 11.1. The summed E-state index contributed by atoms with van der Waals surface area (Å²) in [7, 11) is 1.90. The second-order valence-electron chi connectivity index (χ2n) is 4.41. The van der Waals surface area contributed by atoms with Crippen molar-refractivity contribution >= 4 is 5.97 Å². The molecule has 0 bridgehead atoms. The van der Waals surface area contributed by atoms with Gasteiger partial charge in [0.2, 0.25) is 0 Å². The monoisotopic (exact) mass is 214 g/mol. The molecule has 88 valence electrons. The van der Waals surface area contributed by atoms with Gasteiger partial charge in [-0.3, -0.25) is 9.69 Å². The molecule has 3 unspecified atom stereocenters. The standard InChI is InChI=1S/C11H22N2O2/c1-4-5-8(2)13-7-9(12-3)6-10(13)11(14)15/h8-10,12H,4-7H2,1-3H3,(H,14,15). The first-order valence-corrected chi connectivity index (χ1v) is 5.76. The zero-order chi connectivity index (χ0) is 11.4. The Bertz CT molecular complexity index is 221. The number of hydrogen-bond donors (Lipinski definition) is 2. The Morgan fingerprint density at radius 2 is 2.33 bits per heavy atom. The van der Waals surface area contributed by atoms with Gasteiger partial charge < -0.3 is 10.4 Å². The lowest BCUT2D eigenvalue weighted by Gasteiger charge is -2.27. The first-order chi connectivity index (χ1) is 7.10. The highest BCUT2D eigenvalue weighted by Gasteiger charge is 2.38. The molecular formula is C11H22N2O2. The van der Waals surface area contributed by atoms with Gasteiger partial charge in [-0.25, -0.2) is 0 Å². The number of aliphatic carboxylic acids is 1. The van der Waals surface area contributed by atoms with Crippen LogP contribution in [0.1, 0.15) is 33.1 Å². The summed E-state index contributed by atoms with van der Waals surface area (Å²) in [5, 5.41) is 12.3. The number of hydrogen-bond acceptors (Lipinski definition) is 3. The fourth-order valence-electron chi connectivity index (χ4n) is 2.38. The molecule has 0 spiro atoms. The quantitative estimate of drug-likeness (QED) is 0.714. The summed E-state index contributed by atoms with van der Waals surface area (Å²) < 4.78 is 0. The van der Waals surface area contributed by atoms with Crippen LogP contribution in [0, 0.1) is 0 Å². The van der Waals surface area contributed by atoms with Crippen LogP contribution >= 0.6 is 0 Å². The largest absolute Gasteiger partial charge is 0.480 e. The predicted octanol–water partition coefficient (Wildman–Crippen LogP) is 0.922. The van der Waals surface area contributed by atoms with Gasteiger partial charge in [0, 0.05) is 18.6 Å². The summed E-state index contributed by atoms with van der Waals surface area (Å²) in [6, 6.07) is 0.392. The Morgan fingerprint density at radius 3 is 2.80 bits per heavy atom. The van der Waals surface area contributed by atoms with Gasteiger partial charge in [-0.1, -0.05) is 13.3 Å². The molecule has 1 heterocycles. The highest BCUT2D eigenvalue weighted by molar-refractivity contribution is 5.74. The fourth-order valence-corrected chi connectivity index (χ4v) is 2.38. The zero-order valence-corrected chi connectivity index (χ0v) is 9.86. The van der Waals surface area contributed by atoms with Crippen molar-refractivity contribution in [1.82, 2.24) is 10.2 Å². The van der Waals surface area contributed by atoms with E-state index < -0.39 is 5.97 Å². The van der Waals surface area contributed by atoms with Crippen LogP contribution in [0.3, 0.4) is 0 Å². The second kappa shape index (κ2) is 5.47. The van der Waals surface area contributed by atoms with Crippen molar-refractivity contribution in [3.63, 3.8) is 0 Å². The average Bonchev–Trinajstić information content (AvgIpc) is 2.61. The van der Waals surface area contributed by atoms with E-state index in [-0.39, 0.29) is 6.04 Å². The minimum absolute atomic E-state index is 0.302. The van der Waals surface area contributed by atoms with E-state index in [1.165, 1.54) is 0 Å². The van der Waals surface area contributed by atoms with Crippen molar-refractivity contribution in [3.05, 3.63) is 0 Å².